The van der Waals surface area contributed by atoms with Gasteiger partial charge in [0, 0.05) is 18.5 Å². The Bertz CT molecular complexity index is 459. The maximum Gasteiger partial charge on any atom is 0.322 e. The van der Waals surface area contributed by atoms with Crippen molar-refractivity contribution in [1.82, 2.24) is 15.1 Å². The molecule has 0 saturated carbocycles. The Morgan fingerprint density at radius 3 is 2.90 bits per heavy atom. The number of carbonyl (C=O) groups excluding carboxylic acids is 1. The van der Waals surface area contributed by atoms with Crippen LogP contribution in [-0.2, 0) is 4.79 Å². The Balaban J connectivity index is 1.83. The van der Waals surface area contributed by atoms with Crippen LogP contribution in [0.1, 0.15) is 39.0 Å². The molecule has 0 aliphatic carbocycles. The third kappa shape index (κ3) is 3.77. The molecule has 2 atom stereocenters. The molecule has 0 aromatic carbocycles. The summed E-state index contributed by atoms with van der Waals surface area (Å²) in [5.74, 6) is 1.04. The topological polar surface area (TPSA) is 97.3 Å². The van der Waals surface area contributed by atoms with Gasteiger partial charge in [-0.2, -0.15) is 0 Å². The molecule has 1 aromatic rings. The molecule has 3 N–H and O–H groups in total. The van der Waals surface area contributed by atoms with Gasteiger partial charge < -0.3 is 10.2 Å². The normalized spacial score (nSPS) is 24.1. The van der Waals surface area contributed by atoms with E-state index in [1.165, 1.54) is 0 Å². The van der Waals surface area contributed by atoms with E-state index >= 15 is 0 Å². The standard InChI is InChI=1S/C13H23N5O2/c1-8(2)12-16-17-13(20-12)15-11(19)7-18-5-4-9(3)10(14)6-18/h8-10H,4-7,14H2,1-3H3,(H,15,17,19). The highest BCUT2D eigenvalue weighted by molar-refractivity contribution is 5.90. The maximum atomic E-state index is 11.9. The van der Waals surface area contributed by atoms with Crippen molar-refractivity contribution in [2.75, 3.05) is 25.0 Å². The van der Waals surface area contributed by atoms with Crippen LogP contribution in [0.3, 0.4) is 0 Å². The van der Waals surface area contributed by atoms with Gasteiger partial charge in [-0.3, -0.25) is 15.0 Å². The minimum absolute atomic E-state index is 0.132. The number of likely N-dealkylation sites (tertiary alicyclic amines) is 1. The lowest BCUT2D eigenvalue weighted by atomic mass is 9.94. The molecule has 2 rings (SSSR count). The Labute approximate surface area is 118 Å². The number of carbonyl (C=O) groups is 1. The van der Waals surface area contributed by atoms with Crippen molar-refractivity contribution < 1.29 is 9.21 Å². The zero-order chi connectivity index (χ0) is 14.7. The molecule has 1 amide bonds. The predicted molar refractivity (Wildman–Crippen MR) is 75.2 cm³/mol. The number of nitrogens with zero attached hydrogens (tertiary/aromatic N) is 3. The monoisotopic (exact) mass is 281 g/mol. The first kappa shape index (κ1) is 14.9. The summed E-state index contributed by atoms with van der Waals surface area (Å²) >= 11 is 0. The highest BCUT2D eigenvalue weighted by Gasteiger charge is 2.24. The van der Waals surface area contributed by atoms with E-state index in [0.717, 1.165) is 19.5 Å². The zero-order valence-corrected chi connectivity index (χ0v) is 12.3. The lowest BCUT2D eigenvalue weighted by molar-refractivity contribution is -0.117. The van der Waals surface area contributed by atoms with Crippen LogP contribution >= 0.6 is 0 Å². The number of anilines is 1. The average molecular weight is 281 g/mol. The van der Waals surface area contributed by atoms with Crippen LogP contribution < -0.4 is 11.1 Å². The fourth-order valence-corrected chi connectivity index (χ4v) is 2.19. The van der Waals surface area contributed by atoms with Crippen molar-refractivity contribution in [1.29, 1.82) is 0 Å². The minimum atomic E-state index is -0.147. The molecule has 0 spiro atoms. The Morgan fingerprint density at radius 1 is 1.55 bits per heavy atom. The molecule has 1 aliphatic heterocycles. The van der Waals surface area contributed by atoms with Gasteiger partial charge in [-0.25, -0.2) is 0 Å². The number of piperidine rings is 1. The fourth-order valence-electron chi connectivity index (χ4n) is 2.19. The van der Waals surface area contributed by atoms with Gasteiger partial charge in [-0.05, 0) is 18.9 Å². The van der Waals surface area contributed by atoms with Gasteiger partial charge in [0.2, 0.25) is 11.8 Å². The number of rotatable bonds is 4. The van der Waals surface area contributed by atoms with Gasteiger partial charge in [0.05, 0.1) is 6.54 Å². The third-order valence-electron chi connectivity index (χ3n) is 3.65. The number of hydrogen-bond donors (Lipinski definition) is 2. The lowest BCUT2D eigenvalue weighted by Gasteiger charge is -2.34. The second kappa shape index (κ2) is 6.32. The molecule has 0 bridgehead atoms. The summed E-state index contributed by atoms with van der Waals surface area (Å²) in [7, 11) is 0. The second-order valence-electron chi connectivity index (χ2n) is 5.81. The van der Waals surface area contributed by atoms with Crippen LogP contribution in [0.2, 0.25) is 0 Å². The molecule has 7 nitrogen and oxygen atoms in total. The largest absolute Gasteiger partial charge is 0.408 e. The summed E-state index contributed by atoms with van der Waals surface area (Å²) in [5.41, 5.74) is 6.02. The van der Waals surface area contributed by atoms with E-state index in [4.69, 9.17) is 10.2 Å². The summed E-state index contributed by atoms with van der Waals surface area (Å²) in [6.07, 6.45) is 1.02. The number of nitrogens with one attached hydrogen (secondary N) is 1. The molecule has 1 aromatic heterocycles. The highest BCUT2D eigenvalue weighted by Crippen LogP contribution is 2.16. The highest BCUT2D eigenvalue weighted by atomic mass is 16.4. The lowest BCUT2D eigenvalue weighted by Crippen LogP contribution is -2.49. The third-order valence-corrected chi connectivity index (χ3v) is 3.65. The molecule has 0 radical (unpaired) electrons. The first-order chi connectivity index (χ1) is 9.45. The van der Waals surface area contributed by atoms with E-state index < -0.39 is 0 Å². The second-order valence-corrected chi connectivity index (χ2v) is 5.81. The summed E-state index contributed by atoms with van der Waals surface area (Å²) in [6, 6.07) is 0.292. The number of aromatic nitrogens is 2. The molecule has 20 heavy (non-hydrogen) atoms. The molecule has 2 unspecified atom stereocenters. The van der Waals surface area contributed by atoms with E-state index in [9.17, 15) is 4.79 Å². The van der Waals surface area contributed by atoms with Gasteiger partial charge in [0.15, 0.2) is 0 Å². The van der Waals surface area contributed by atoms with Crippen molar-refractivity contribution >= 4 is 11.9 Å². The van der Waals surface area contributed by atoms with E-state index in [-0.39, 0.29) is 23.9 Å². The van der Waals surface area contributed by atoms with Crippen molar-refractivity contribution in [2.24, 2.45) is 11.7 Å². The summed E-state index contributed by atoms with van der Waals surface area (Å²) in [6.45, 7) is 8.00. The molecular weight excluding hydrogens is 258 g/mol. The van der Waals surface area contributed by atoms with Crippen LogP contribution in [0.15, 0.2) is 4.42 Å². The first-order valence-electron chi connectivity index (χ1n) is 7.07. The quantitative estimate of drug-likeness (QED) is 0.847. The first-order valence-corrected chi connectivity index (χ1v) is 7.07. The van der Waals surface area contributed by atoms with Gasteiger partial charge in [0.25, 0.3) is 0 Å². The van der Waals surface area contributed by atoms with Crippen LogP contribution in [0.4, 0.5) is 6.01 Å². The molecule has 1 fully saturated rings. The van der Waals surface area contributed by atoms with Crippen LogP contribution in [-0.4, -0.2) is 46.7 Å². The van der Waals surface area contributed by atoms with E-state index in [1.807, 2.05) is 13.8 Å². The van der Waals surface area contributed by atoms with Gasteiger partial charge in [-0.15, -0.1) is 5.10 Å². The minimum Gasteiger partial charge on any atom is -0.408 e. The predicted octanol–water partition coefficient (Wildman–Crippen LogP) is 0.801. The SMILES string of the molecule is CC(C)c1nnc(NC(=O)CN2CCC(C)C(N)C2)o1. The average Bonchev–Trinajstić information content (AvgIpc) is 2.82. The van der Waals surface area contributed by atoms with E-state index in [1.54, 1.807) is 0 Å². The van der Waals surface area contributed by atoms with Gasteiger partial charge in [0.1, 0.15) is 0 Å². The van der Waals surface area contributed by atoms with Crippen LogP contribution in [0.25, 0.3) is 0 Å². The van der Waals surface area contributed by atoms with Gasteiger partial charge >= 0.3 is 6.01 Å². The van der Waals surface area contributed by atoms with Crippen molar-refractivity contribution in [3.8, 4) is 0 Å². The molecule has 1 saturated heterocycles. The number of hydrogen-bond acceptors (Lipinski definition) is 6. The fraction of sp³-hybridized carbons (Fsp3) is 0.769. The molecular formula is C13H23N5O2. The molecule has 112 valence electrons. The summed E-state index contributed by atoms with van der Waals surface area (Å²) in [4.78, 5) is 14.0. The Hall–Kier alpha value is -1.47. The smallest absolute Gasteiger partial charge is 0.322 e. The Kier molecular flexibility index (Phi) is 4.72. The van der Waals surface area contributed by atoms with E-state index in [2.05, 4.69) is 27.3 Å². The van der Waals surface area contributed by atoms with Crippen molar-refractivity contribution in [3.05, 3.63) is 5.89 Å². The van der Waals surface area contributed by atoms with E-state index in [0.29, 0.717) is 18.4 Å². The maximum absolute atomic E-state index is 11.9. The van der Waals surface area contributed by atoms with Gasteiger partial charge in [-0.1, -0.05) is 25.9 Å². The Morgan fingerprint density at radius 2 is 2.30 bits per heavy atom. The van der Waals surface area contributed by atoms with Crippen LogP contribution in [0, 0.1) is 5.92 Å². The molecule has 7 heteroatoms. The summed E-state index contributed by atoms with van der Waals surface area (Å²) < 4.78 is 5.35. The summed E-state index contributed by atoms with van der Waals surface area (Å²) in [5, 5.41) is 10.3. The van der Waals surface area contributed by atoms with Crippen molar-refractivity contribution in [2.45, 2.75) is 39.2 Å². The zero-order valence-electron chi connectivity index (χ0n) is 12.3. The van der Waals surface area contributed by atoms with Crippen molar-refractivity contribution in [3.63, 3.8) is 0 Å². The molecule has 2 heterocycles. The van der Waals surface area contributed by atoms with Crippen LogP contribution in [0.5, 0.6) is 0 Å². The number of amides is 1. The molecule has 1 aliphatic rings. The number of nitrogens with two attached hydrogens (primary N) is 1.